The van der Waals surface area contributed by atoms with Gasteiger partial charge in [-0.1, -0.05) is 27.2 Å². The smallest absolute Gasteiger partial charge is 0.0735 e. The van der Waals surface area contributed by atoms with Gasteiger partial charge in [-0.2, -0.15) is 0 Å². The van der Waals surface area contributed by atoms with Crippen LogP contribution in [0.25, 0.3) is 0 Å². The van der Waals surface area contributed by atoms with Crippen LogP contribution < -0.4 is 5.73 Å². The molecule has 0 saturated heterocycles. The lowest BCUT2D eigenvalue weighted by atomic mass is 9.60. The van der Waals surface area contributed by atoms with Gasteiger partial charge in [-0.25, -0.2) is 0 Å². The molecule has 0 heterocycles. The minimum atomic E-state index is -0.542. The Kier molecular flexibility index (Phi) is 3.03. The first-order valence-electron chi connectivity index (χ1n) is 5.40. The third-order valence-electron chi connectivity index (χ3n) is 4.00. The van der Waals surface area contributed by atoms with Gasteiger partial charge >= 0.3 is 0 Å². The Hall–Kier alpha value is -0.0800. The standard InChI is InChI=1S/C11H23NO/c1-4-11(13,9-6-5-7-9)10(2,3)8-12/h9,13H,4-8,12H2,1-3H3. The first kappa shape index (κ1) is 11.0. The van der Waals surface area contributed by atoms with E-state index in [1.54, 1.807) is 0 Å². The maximum atomic E-state index is 10.6. The fourth-order valence-corrected chi connectivity index (χ4v) is 2.38. The highest BCUT2D eigenvalue weighted by molar-refractivity contribution is 5.00. The maximum absolute atomic E-state index is 10.6. The van der Waals surface area contributed by atoms with Crippen LogP contribution in [0.5, 0.6) is 0 Å². The van der Waals surface area contributed by atoms with Crippen molar-refractivity contribution in [2.45, 2.75) is 52.1 Å². The molecule has 1 unspecified atom stereocenters. The third-order valence-corrected chi connectivity index (χ3v) is 4.00. The van der Waals surface area contributed by atoms with Crippen LogP contribution in [0.2, 0.25) is 0 Å². The average Bonchev–Trinajstić information content (AvgIpc) is 2.00. The number of rotatable bonds is 4. The number of hydrogen-bond donors (Lipinski definition) is 2. The van der Waals surface area contributed by atoms with Crippen molar-refractivity contribution in [1.82, 2.24) is 0 Å². The molecule has 2 nitrogen and oxygen atoms in total. The molecule has 0 radical (unpaired) electrons. The molecule has 0 amide bonds. The molecular formula is C11H23NO. The van der Waals surface area contributed by atoms with Crippen LogP contribution in [0.1, 0.15) is 46.5 Å². The molecule has 0 aromatic carbocycles. The summed E-state index contributed by atoms with van der Waals surface area (Å²) in [5.74, 6) is 0.482. The monoisotopic (exact) mass is 185 g/mol. The van der Waals surface area contributed by atoms with Crippen molar-refractivity contribution in [1.29, 1.82) is 0 Å². The van der Waals surface area contributed by atoms with Crippen LogP contribution in [0.4, 0.5) is 0 Å². The molecule has 0 aliphatic heterocycles. The lowest BCUT2D eigenvalue weighted by molar-refractivity contribution is -0.133. The summed E-state index contributed by atoms with van der Waals surface area (Å²) in [5, 5.41) is 10.6. The van der Waals surface area contributed by atoms with Gasteiger partial charge in [0.1, 0.15) is 0 Å². The number of hydrogen-bond acceptors (Lipinski definition) is 2. The van der Waals surface area contributed by atoms with Gasteiger partial charge in [0.05, 0.1) is 5.60 Å². The van der Waals surface area contributed by atoms with Gasteiger partial charge in [0.25, 0.3) is 0 Å². The van der Waals surface area contributed by atoms with E-state index in [1.165, 1.54) is 19.3 Å². The van der Waals surface area contributed by atoms with E-state index in [2.05, 4.69) is 20.8 Å². The van der Waals surface area contributed by atoms with Gasteiger partial charge in [0.2, 0.25) is 0 Å². The highest BCUT2D eigenvalue weighted by atomic mass is 16.3. The molecule has 2 heteroatoms. The van der Waals surface area contributed by atoms with E-state index < -0.39 is 5.60 Å². The van der Waals surface area contributed by atoms with E-state index in [0.717, 1.165) is 6.42 Å². The van der Waals surface area contributed by atoms with Crippen LogP contribution in [0, 0.1) is 11.3 Å². The van der Waals surface area contributed by atoms with Crippen LogP contribution in [-0.4, -0.2) is 17.3 Å². The van der Waals surface area contributed by atoms with Gasteiger partial charge in [-0.15, -0.1) is 0 Å². The Labute approximate surface area is 81.5 Å². The zero-order chi connectivity index (χ0) is 10.1. The van der Waals surface area contributed by atoms with Crippen molar-refractivity contribution in [2.75, 3.05) is 6.54 Å². The minimum absolute atomic E-state index is 0.146. The van der Waals surface area contributed by atoms with Crippen LogP contribution in [-0.2, 0) is 0 Å². The molecule has 3 N–H and O–H groups in total. The Morgan fingerprint density at radius 2 is 1.92 bits per heavy atom. The van der Waals surface area contributed by atoms with Crippen molar-refractivity contribution < 1.29 is 5.11 Å². The first-order valence-corrected chi connectivity index (χ1v) is 5.40. The van der Waals surface area contributed by atoms with Crippen molar-refractivity contribution in [3.05, 3.63) is 0 Å². The lowest BCUT2D eigenvalue weighted by Crippen LogP contribution is -2.55. The van der Waals surface area contributed by atoms with Crippen LogP contribution in [0.15, 0.2) is 0 Å². The van der Waals surface area contributed by atoms with Crippen LogP contribution >= 0.6 is 0 Å². The first-order chi connectivity index (χ1) is 5.98. The molecule has 0 aromatic heterocycles. The molecule has 1 aliphatic rings. The summed E-state index contributed by atoms with van der Waals surface area (Å²) in [4.78, 5) is 0. The van der Waals surface area contributed by atoms with Crippen molar-refractivity contribution in [3.8, 4) is 0 Å². The Morgan fingerprint density at radius 1 is 1.38 bits per heavy atom. The Balaban J connectivity index is 2.78. The van der Waals surface area contributed by atoms with E-state index in [9.17, 15) is 5.11 Å². The predicted molar refractivity (Wildman–Crippen MR) is 55.4 cm³/mol. The van der Waals surface area contributed by atoms with Crippen molar-refractivity contribution in [2.24, 2.45) is 17.1 Å². The summed E-state index contributed by atoms with van der Waals surface area (Å²) in [6.45, 7) is 6.78. The molecule has 1 rings (SSSR count). The average molecular weight is 185 g/mol. The van der Waals surface area contributed by atoms with E-state index in [1.807, 2.05) is 0 Å². The van der Waals surface area contributed by atoms with Crippen molar-refractivity contribution >= 4 is 0 Å². The van der Waals surface area contributed by atoms with Gasteiger partial charge in [0.15, 0.2) is 0 Å². The maximum Gasteiger partial charge on any atom is 0.0735 e. The molecule has 1 fully saturated rings. The summed E-state index contributed by atoms with van der Waals surface area (Å²) in [6.07, 6.45) is 4.44. The minimum Gasteiger partial charge on any atom is -0.389 e. The largest absolute Gasteiger partial charge is 0.389 e. The Bertz CT molecular complexity index is 175. The Morgan fingerprint density at radius 3 is 2.15 bits per heavy atom. The van der Waals surface area contributed by atoms with Crippen molar-refractivity contribution in [3.63, 3.8) is 0 Å². The highest BCUT2D eigenvalue weighted by Gasteiger charge is 2.48. The zero-order valence-corrected chi connectivity index (χ0v) is 9.14. The van der Waals surface area contributed by atoms with E-state index in [0.29, 0.717) is 12.5 Å². The second kappa shape index (κ2) is 3.58. The van der Waals surface area contributed by atoms with Gasteiger partial charge in [-0.3, -0.25) is 0 Å². The molecule has 1 atom stereocenters. The molecule has 0 aromatic rings. The summed E-state index contributed by atoms with van der Waals surface area (Å²) in [7, 11) is 0. The van der Waals surface area contributed by atoms with Gasteiger partial charge in [-0.05, 0) is 25.2 Å². The normalized spacial score (nSPS) is 23.8. The molecule has 78 valence electrons. The summed E-state index contributed by atoms with van der Waals surface area (Å²) < 4.78 is 0. The summed E-state index contributed by atoms with van der Waals surface area (Å²) in [6, 6.07) is 0. The lowest BCUT2D eigenvalue weighted by Gasteiger charge is -2.50. The van der Waals surface area contributed by atoms with E-state index in [4.69, 9.17) is 5.73 Å². The molecule has 0 spiro atoms. The molecular weight excluding hydrogens is 162 g/mol. The third kappa shape index (κ3) is 1.62. The predicted octanol–water partition coefficient (Wildman–Crippen LogP) is 1.91. The zero-order valence-electron chi connectivity index (χ0n) is 9.14. The highest BCUT2D eigenvalue weighted by Crippen LogP contribution is 2.47. The second-order valence-corrected chi connectivity index (χ2v) is 4.99. The SMILES string of the molecule is CCC(O)(C1CCC1)C(C)(C)CN. The fraction of sp³-hybridized carbons (Fsp3) is 1.00. The number of aliphatic hydroxyl groups is 1. The van der Waals surface area contributed by atoms with Gasteiger partial charge < -0.3 is 10.8 Å². The van der Waals surface area contributed by atoms with E-state index >= 15 is 0 Å². The topological polar surface area (TPSA) is 46.2 Å². The fourth-order valence-electron chi connectivity index (χ4n) is 2.38. The summed E-state index contributed by atoms with van der Waals surface area (Å²) >= 11 is 0. The van der Waals surface area contributed by atoms with Gasteiger partial charge in [0, 0.05) is 12.0 Å². The molecule has 13 heavy (non-hydrogen) atoms. The van der Waals surface area contributed by atoms with Crippen LogP contribution in [0.3, 0.4) is 0 Å². The molecule has 0 bridgehead atoms. The molecule has 1 aliphatic carbocycles. The number of nitrogens with two attached hydrogens (primary N) is 1. The quantitative estimate of drug-likeness (QED) is 0.703. The van der Waals surface area contributed by atoms with E-state index in [-0.39, 0.29) is 5.41 Å². The second-order valence-electron chi connectivity index (χ2n) is 4.99. The molecule has 1 saturated carbocycles. The summed E-state index contributed by atoms with van der Waals surface area (Å²) in [5.41, 5.74) is 5.04.